The molecular weight excluding hydrogens is 190 g/mol. The van der Waals surface area contributed by atoms with E-state index >= 15 is 0 Å². The fourth-order valence-electron chi connectivity index (χ4n) is 2.22. The quantitative estimate of drug-likeness (QED) is 0.734. The van der Waals surface area contributed by atoms with Gasteiger partial charge in [-0.3, -0.25) is 4.79 Å². The second-order valence-corrected chi connectivity index (χ2v) is 5.16. The van der Waals surface area contributed by atoms with Crippen LogP contribution in [-0.2, 0) is 4.79 Å². The summed E-state index contributed by atoms with van der Waals surface area (Å²) in [6.07, 6.45) is 2.01. The molecule has 0 aromatic rings. The third-order valence-corrected chi connectivity index (χ3v) is 3.19. The van der Waals surface area contributed by atoms with Gasteiger partial charge in [-0.1, -0.05) is 27.2 Å². The summed E-state index contributed by atoms with van der Waals surface area (Å²) in [5.41, 5.74) is 0. The van der Waals surface area contributed by atoms with Gasteiger partial charge in [0.05, 0.1) is 5.92 Å². The molecule has 3 heteroatoms. The van der Waals surface area contributed by atoms with Gasteiger partial charge >= 0.3 is 5.97 Å². The van der Waals surface area contributed by atoms with Crippen molar-refractivity contribution in [1.82, 2.24) is 4.90 Å². The Bertz CT molecular complexity index is 210. The van der Waals surface area contributed by atoms with Crippen molar-refractivity contribution in [1.29, 1.82) is 0 Å². The van der Waals surface area contributed by atoms with Crippen LogP contribution in [0.5, 0.6) is 0 Å². The van der Waals surface area contributed by atoms with Crippen LogP contribution in [0.2, 0.25) is 0 Å². The van der Waals surface area contributed by atoms with Crippen molar-refractivity contribution < 1.29 is 9.90 Å². The number of hydrogen-bond acceptors (Lipinski definition) is 2. The largest absolute Gasteiger partial charge is 0.481 e. The SMILES string of the molecule is CCC1CN(CC(CC(C)C)C(=O)O)C1. The third-order valence-electron chi connectivity index (χ3n) is 3.19. The number of hydrogen-bond donors (Lipinski definition) is 1. The summed E-state index contributed by atoms with van der Waals surface area (Å²) in [6, 6.07) is 0. The summed E-state index contributed by atoms with van der Waals surface area (Å²) in [4.78, 5) is 13.3. The zero-order chi connectivity index (χ0) is 11.4. The number of carbonyl (C=O) groups is 1. The molecule has 1 atom stereocenters. The van der Waals surface area contributed by atoms with E-state index in [0.717, 1.165) is 32.0 Å². The maximum atomic E-state index is 11.0. The molecule has 1 heterocycles. The Balaban J connectivity index is 2.30. The Morgan fingerprint density at radius 3 is 2.47 bits per heavy atom. The molecule has 1 fully saturated rings. The molecule has 1 N–H and O–H groups in total. The van der Waals surface area contributed by atoms with E-state index in [2.05, 4.69) is 25.7 Å². The number of aliphatic carboxylic acids is 1. The van der Waals surface area contributed by atoms with Crippen molar-refractivity contribution in [3.8, 4) is 0 Å². The first-order valence-electron chi connectivity index (χ1n) is 5.98. The molecule has 88 valence electrons. The minimum atomic E-state index is -0.636. The zero-order valence-corrected chi connectivity index (χ0v) is 10.1. The molecular formula is C12H23NO2. The van der Waals surface area contributed by atoms with Crippen LogP contribution in [0.3, 0.4) is 0 Å². The van der Waals surface area contributed by atoms with Crippen LogP contribution >= 0.6 is 0 Å². The van der Waals surface area contributed by atoms with Crippen LogP contribution in [0.1, 0.15) is 33.6 Å². The zero-order valence-electron chi connectivity index (χ0n) is 10.1. The Labute approximate surface area is 92.5 Å². The van der Waals surface area contributed by atoms with Gasteiger partial charge in [-0.25, -0.2) is 0 Å². The topological polar surface area (TPSA) is 40.5 Å². The summed E-state index contributed by atoms with van der Waals surface area (Å²) in [6.45, 7) is 9.30. The van der Waals surface area contributed by atoms with Crippen LogP contribution in [0.4, 0.5) is 0 Å². The predicted molar refractivity (Wildman–Crippen MR) is 60.8 cm³/mol. The van der Waals surface area contributed by atoms with Crippen molar-refractivity contribution in [2.75, 3.05) is 19.6 Å². The van der Waals surface area contributed by atoms with Crippen LogP contribution in [0.25, 0.3) is 0 Å². The van der Waals surface area contributed by atoms with E-state index in [-0.39, 0.29) is 5.92 Å². The van der Waals surface area contributed by atoms with Crippen molar-refractivity contribution in [3.63, 3.8) is 0 Å². The van der Waals surface area contributed by atoms with Crippen molar-refractivity contribution in [2.24, 2.45) is 17.8 Å². The number of nitrogens with zero attached hydrogens (tertiary/aromatic N) is 1. The van der Waals surface area contributed by atoms with Gasteiger partial charge in [-0.15, -0.1) is 0 Å². The number of carboxylic acids is 1. The van der Waals surface area contributed by atoms with Gasteiger partial charge in [0.15, 0.2) is 0 Å². The first-order valence-corrected chi connectivity index (χ1v) is 5.98. The number of carboxylic acid groups (broad SMARTS) is 1. The monoisotopic (exact) mass is 213 g/mol. The highest BCUT2D eigenvalue weighted by molar-refractivity contribution is 5.70. The molecule has 0 spiro atoms. The Morgan fingerprint density at radius 1 is 1.47 bits per heavy atom. The van der Waals surface area contributed by atoms with Gasteiger partial charge in [0.25, 0.3) is 0 Å². The van der Waals surface area contributed by atoms with Gasteiger partial charge < -0.3 is 10.0 Å². The maximum absolute atomic E-state index is 11.0. The Hall–Kier alpha value is -0.570. The predicted octanol–water partition coefficient (Wildman–Crippen LogP) is 2.08. The number of likely N-dealkylation sites (tertiary alicyclic amines) is 1. The molecule has 15 heavy (non-hydrogen) atoms. The van der Waals surface area contributed by atoms with Crippen molar-refractivity contribution in [3.05, 3.63) is 0 Å². The van der Waals surface area contributed by atoms with E-state index in [1.54, 1.807) is 0 Å². The Kier molecular flexibility index (Phi) is 4.58. The normalized spacial score (nSPS) is 20.3. The van der Waals surface area contributed by atoms with Gasteiger partial charge in [-0.05, 0) is 18.3 Å². The lowest BCUT2D eigenvalue weighted by Crippen LogP contribution is -2.49. The van der Waals surface area contributed by atoms with E-state index in [1.807, 2.05) is 0 Å². The molecule has 1 aliphatic rings. The van der Waals surface area contributed by atoms with Gasteiger partial charge in [0.1, 0.15) is 0 Å². The average Bonchev–Trinajstić information content (AvgIpc) is 2.07. The molecule has 1 unspecified atom stereocenters. The van der Waals surface area contributed by atoms with E-state index in [1.165, 1.54) is 6.42 Å². The molecule has 0 aromatic heterocycles. The summed E-state index contributed by atoms with van der Waals surface area (Å²) in [5.74, 6) is 0.458. The lowest BCUT2D eigenvalue weighted by atomic mass is 9.92. The molecule has 1 rings (SSSR count). The van der Waals surface area contributed by atoms with Gasteiger partial charge in [0, 0.05) is 19.6 Å². The van der Waals surface area contributed by atoms with E-state index in [0.29, 0.717) is 5.92 Å². The Morgan fingerprint density at radius 2 is 2.07 bits per heavy atom. The van der Waals surface area contributed by atoms with E-state index in [4.69, 9.17) is 5.11 Å². The minimum Gasteiger partial charge on any atom is -0.481 e. The molecule has 1 saturated heterocycles. The minimum absolute atomic E-state index is 0.178. The summed E-state index contributed by atoms with van der Waals surface area (Å²) < 4.78 is 0. The molecule has 0 saturated carbocycles. The molecule has 0 aliphatic carbocycles. The highest BCUT2D eigenvalue weighted by Crippen LogP contribution is 2.22. The van der Waals surface area contributed by atoms with Gasteiger partial charge in [-0.2, -0.15) is 0 Å². The fraction of sp³-hybridized carbons (Fsp3) is 0.917. The van der Waals surface area contributed by atoms with Gasteiger partial charge in [0.2, 0.25) is 0 Å². The summed E-state index contributed by atoms with van der Waals surface area (Å²) in [7, 11) is 0. The lowest BCUT2D eigenvalue weighted by molar-refractivity contribution is -0.143. The molecule has 3 nitrogen and oxygen atoms in total. The molecule has 0 aromatic carbocycles. The standard InChI is InChI=1S/C12H23NO2/c1-4-10-6-13(7-10)8-11(12(14)15)5-9(2)3/h9-11H,4-8H2,1-3H3,(H,14,15). The second-order valence-electron chi connectivity index (χ2n) is 5.16. The van der Waals surface area contributed by atoms with Crippen LogP contribution in [0.15, 0.2) is 0 Å². The van der Waals surface area contributed by atoms with Crippen LogP contribution < -0.4 is 0 Å². The molecule has 0 bridgehead atoms. The smallest absolute Gasteiger partial charge is 0.307 e. The lowest BCUT2D eigenvalue weighted by Gasteiger charge is -2.40. The highest BCUT2D eigenvalue weighted by atomic mass is 16.4. The molecule has 1 aliphatic heterocycles. The first kappa shape index (κ1) is 12.5. The van der Waals surface area contributed by atoms with Crippen molar-refractivity contribution >= 4 is 5.97 Å². The maximum Gasteiger partial charge on any atom is 0.307 e. The fourth-order valence-corrected chi connectivity index (χ4v) is 2.22. The van der Waals surface area contributed by atoms with Crippen LogP contribution in [0, 0.1) is 17.8 Å². The number of rotatable bonds is 6. The first-order chi connectivity index (χ1) is 7.02. The molecule has 0 radical (unpaired) electrons. The van der Waals surface area contributed by atoms with Crippen LogP contribution in [-0.4, -0.2) is 35.6 Å². The van der Waals surface area contributed by atoms with Crippen molar-refractivity contribution in [2.45, 2.75) is 33.6 Å². The third kappa shape index (κ3) is 3.82. The molecule has 0 amide bonds. The van der Waals surface area contributed by atoms with E-state index < -0.39 is 5.97 Å². The summed E-state index contributed by atoms with van der Waals surface area (Å²) >= 11 is 0. The second kappa shape index (κ2) is 5.50. The summed E-state index contributed by atoms with van der Waals surface area (Å²) in [5, 5.41) is 9.09. The highest BCUT2D eigenvalue weighted by Gasteiger charge is 2.29. The van der Waals surface area contributed by atoms with E-state index in [9.17, 15) is 4.79 Å². The average molecular weight is 213 g/mol.